The number of nitrogens with zero attached hydrogens (tertiary/aromatic N) is 2. The van der Waals surface area contributed by atoms with Gasteiger partial charge in [-0.1, -0.05) is 12.8 Å². The van der Waals surface area contributed by atoms with Crippen molar-refractivity contribution in [3.8, 4) is 5.75 Å². The quantitative estimate of drug-likeness (QED) is 0.742. The molecule has 1 aromatic carbocycles. The monoisotopic (exact) mass is 348 g/mol. The summed E-state index contributed by atoms with van der Waals surface area (Å²) in [4.78, 5) is 15.9. The number of aromatic carboxylic acids is 1. The number of carbonyl (C=O) groups is 1. The van der Waals surface area contributed by atoms with E-state index in [1.807, 2.05) is 0 Å². The predicted octanol–water partition coefficient (Wildman–Crippen LogP) is 3.35. The smallest absolute Gasteiger partial charge is 0.335 e. The van der Waals surface area contributed by atoms with Gasteiger partial charge in [-0.25, -0.2) is 4.79 Å². The molecule has 25 heavy (non-hydrogen) atoms. The van der Waals surface area contributed by atoms with Crippen molar-refractivity contribution >= 4 is 5.97 Å². The summed E-state index contributed by atoms with van der Waals surface area (Å²) >= 11 is 0. The Labute approximate surface area is 151 Å². The summed E-state index contributed by atoms with van der Waals surface area (Å²) in [6.45, 7) is 10.6. The second kappa shape index (κ2) is 10.4. The molecule has 0 unspecified atom stereocenters. The number of carboxylic acid groups (broad SMARTS) is 1. The SMILES string of the molecule is CC(C)N(CCOc1ccc(C(=O)O)cc1)CCN1CCCCCC1. The highest BCUT2D eigenvalue weighted by Gasteiger charge is 2.13. The van der Waals surface area contributed by atoms with E-state index in [1.54, 1.807) is 24.3 Å². The lowest BCUT2D eigenvalue weighted by molar-refractivity contribution is 0.0697. The van der Waals surface area contributed by atoms with E-state index in [2.05, 4.69) is 23.6 Å². The normalized spacial score (nSPS) is 16.2. The Bertz CT molecular complexity index is 508. The number of hydrogen-bond acceptors (Lipinski definition) is 4. The van der Waals surface area contributed by atoms with Crippen molar-refractivity contribution in [2.45, 2.75) is 45.6 Å². The predicted molar refractivity (Wildman–Crippen MR) is 101 cm³/mol. The van der Waals surface area contributed by atoms with Gasteiger partial charge < -0.3 is 14.7 Å². The standard InChI is InChI=1S/C20H32N2O3/c1-17(2)22(14-13-21-11-5-3-4-6-12-21)15-16-25-19-9-7-18(8-10-19)20(23)24/h7-10,17H,3-6,11-16H2,1-2H3,(H,23,24). The molecule has 0 aliphatic carbocycles. The molecule has 0 amide bonds. The van der Waals surface area contributed by atoms with Crippen LogP contribution in [0.3, 0.4) is 0 Å². The Morgan fingerprint density at radius 2 is 1.76 bits per heavy atom. The molecular weight excluding hydrogens is 316 g/mol. The van der Waals surface area contributed by atoms with Crippen LogP contribution in [0.15, 0.2) is 24.3 Å². The molecule has 1 aliphatic heterocycles. The van der Waals surface area contributed by atoms with Gasteiger partial charge in [0.2, 0.25) is 0 Å². The third kappa shape index (κ3) is 7.04. The molecule has 0 aromatic heterocycles. The maximum Gasteiger partial charge on any atom is 0.335 e. The van der Waals surface area contributed by atoms with Gasteiger partial charge in [-0.15, -0.1) is 0 Å². The zero-order chi connectivity index (χ0) is 18.1. The van der Waals surface area contributed by atoms with E-state index in [1.165, 1.54) is 38.8 Å². The molecule has 140 valence electrons. The Hall–Kier alpha value is -1.59. The molecule has 1 aromatic rings. The molecule has 1 heterocycles. The first-order chi connectivity index (χ1) is 12.1. The van der Waals surface area contributed by atoms with Gasteiger partial charge in [0.1, 0.15) is 12.4 Å². The fraction of sp³-hybridized carbons (Fsp3) is 0.650. The number of hydrogen-bond donors (Lipinski definition) is 1. The summed E-state index contributed by atoms with van der Waals surface area (Å²) in [7, 11) is 0. The molecule has 2 rings (SSSR count). The van der Waals surface area contributed by atoms with Crippen LogP contribution in [0.5, 0.6) is 5.75 Å². The number of ether oxygens (including phenoxy) is 1. The number of rotatable bonds is 9. The van der Waals surface area contributed by atoms with Gasteiger partial charge >= 0.3 is 5.97 Å². The van der Waals surface area contributed by atoms with Crippen LogP contribution in [0.1, 0.15) is 49.9 Å². The van der Waals surface area contributed by atoms with Crippen LogP contribution in [-0.4, -0.2) is 66.2 Å². The minimum Gasteiger partial charge on any atom is -0.492 e. The topological polar surface area (TPSA) is 53.0 Å². The average molecular weight is 348 g/mol. The molecule has 5 nitrogen and oxygen atoms in total. The molecule has 0 saturated carbocycles. The second-order valence-corrected chi connectivity index (χ2v) is 7.06. The van der Waals surface area contributed by atoms with Crippen molar-refractivity contribution in [1.82, 2.24) is 9.80 Å². The largest absolute Gasteiger partial charge is 0.492 e. The van der Waals surface area contributed by atoms with Gasteiger partial charge in [-0.2, -0.15) is 0 Å². The minimum absolute atomic E-state index is 0.286. The van der Waals surface area contributed by atoms with Crippen LogP contribution in [-0.2, 0) is 0 Å². The number of carboxylic acids is 1. The summed E-state index contributed by atoms with van der Waals surface area (Å²) in [5, 5.41) is 8.92. The van der Waals surface area contributed by atoms with Gasteiger partial charge in [-0.05, 0) is 64.0 Å². The van der Waals surface area contributed by atoms with Crippen molar-refractivity contribution in [2.75, 3.05) is 39.3 Å². The third-order valence-electron chi connectivity index (χ3n) is 4.88. The minimum atomic E-state index is -0.911. The van der Waals surface area contributed by atoms with Gasteiger partial charge in [0.05, 0.1) is 5.56 Å². The van der Waals surface area contributed by atoms with Crippen molar-refractivity contribution in [3.63, 3.8) is 0 Å². The Morgan fingerprint density at radius 1 is 1.12 bits per heavy atom. The van der Waals surface area contributed by atoms with Gasteiger partial charge in [0, 0.05) is 25.7 Å². The highest BCUT2D eigenvalue weighted by Crippen LogP contribution is 2.13. The van der Waals surface area contributed by atoms with E-state index in [4.69, 9.17) is 9.84 Å². The lowest BCUT2D eigenvalue weighted by Crippen LogP contribution is -2.41. The molecule has 1 fully saturated rings. The van der Waals surface area contributed by atoms with Gasteiger partial charge in [0.15, 0.2) is 0 Å². The molecule has 5 heteroatoms. The van der Waals surface area contributed by atoms with Crippen LogP contribution in [0, 0.1) is 0 Å². The van der Waals surface area contributed by atoms with Gasteiger partial charge in [0.25, 0.3) is 0 Å². The highest BCUT2D eigenvalue weighted by atomic mass is 16.5. The van der Waals surface area contributed by atoms with Crippen molar-refractivity contribution < 1.29 is 14.6 Å². The molecule has 0 atom stereocenters. The van der Waals surface area contributed by atoms with Gasteiger partial charge in [-0.3, -0.25) is 4.90 Å². The van der Waals surface area contributed by atoms with Crippen LogP contribution in [0.2, 0.25) is 0 Å². The van der Waals surface area contributed by atoms with Crippen LogP contribution < -0.4 is 4.74 Å². The lowest BCUT2D eigenvalue weighted by Gasteiger charge is -2.29. The van der Waals surface area contributed by atoms with E-state index in [-0.39, 0.29) is 5.56 Å². The van der Waals surface area contributed by atoms with E-state index >= 15 is 0 Å². The third-order valence-corrected chi connectivity index (χ3v) is 4.88. The first kappa shape index (κ1) is 19.7. The fourth-order valence-electron chi connectivity index (χ4n) is 3.23. The molecule has 1 N–H and O–H groups in total. The molecule has 1 saturated heterocycles. The first-order valence-corrected chi connectivity index (χ1v) is 9.49. The molecule has 0 bridgehead atoms. The lowest BCUT2D eigenvalue weighted by atomic mass is 10.2. The summed E-state index contributed by atoms with van der Waals surface area (Å²) < 4.78 is 5.78. The average Bonchev–Trinajstić information content (AvgIpc) is 2.86. The van der Waals surface area contributed by atoms with Crippen molar-refractivity contribution in [2.24, 2.45) is 0 Å². The maximum atomic E-state index is 10.9. The Kier molecular flexibility index (Phi) is 8.22. The number of benzene rings is 1. The molecule has 0 radical (unpaired) electrons. The number of likely N-dealkylation sites (tertiary alicyclic amines) is 1. The zero-order valence-electron chi connectivity index (χ0n) is 15.6. The van der Waals surface area contributed by atoms with E-state index < -0.39 is 5.97 Å². The summed E-state index contributed by atoms with van der Waals surface area (Å²) in [5.41, 5.74) is 0.286. The molecular formula is C20H32N2O3. The summed E-state index contributed by atoms with van der Waals surface area (Å²) in [5.74, 6) is -0.188. The highest BCUT2D eigenvalue weighted by molar-refractivity contribution is 5.87. The van der Waals surface area contributed by atoms with Crippen molar-refractivity contribution in [3.05, 3.63) is 29.8 Å². The van der Waals surface area contributed by atoms with Crippen LogP contribution in [0.4, 0.5) is 0 Å². The molecule has 0 spiro atoms. The molecule has 1 aliphatic rings. The Balaban J connectivity index is 1.74. The second-order valence-electron chi connectivity index (χ2n) is 7.06. The summed E-state index contributed by atoms with van der Waals surface area (Å²) in [6.07, 6.45) is 5.41. The first-order valence-electron chi connectivity index (χ1n) is 9.49. The maximum absolute atomic E-state index is 10.9. The summed E-state index contributed by atoms with van der Waals surface area (Å²) in [6, 6.07) is 7.10. The fourth-order valence-corrected chi connectivity index (χ4v) is 3.23. The van der Waals surface area contributed by atoms with E-state index in [9.17, 15) is 4.79 Å². The Morgan fingerprint density at radius 3 is 2.32 bits per heavy atom. The zero-order valence-corrected chi connectivity index (χ0v) is 15.6. The van der Waals surface area contributed by atoms with Crippen LogP contribution >= 0.6 is 0 Å². The van der Waals surface area contributed by atoms with E-state index in [0.717, 1.165) is 25.4 Å². The van der Waals surface area contributed by atoms with E-state index in [0.29, 0.717) is 12.6 Å². The van der Waals surface area contributed by atoms with Crippen molar-refractivity contribution in [1.29, 1.82) is 0 Å². The van der Waals surface area contributed by atoms with Crippen LogP contribution in [0.25, 0.3) is 0 Å².